The molecule has 0 heterocycles. The Labute approximate surface area is 150 Å². The van der Waals surface area contributed by atoms with Gasteiger partial charge in [-0.3, -0.25) is 9.59 Å². The van der Waals surface area contributed by atoms with Gasteiger partial charge in [0.05, 0.1) is 21.3 Å². The largest absolute Gasteiger partial charge is 0.405 e. The van der Waals surface area contributed by atoms with E-state index in [4.69, 9.17) is 23.2 Å². The van der Waals surface area contributed by atoms with Crippen LogP contribution in [0, 0.1) is 0 Å². The predicted octanol–water partition coefficient (Wildman–Crippen LogP) is 4.54. The fourth-order valence-electron chi connectivity index (χ4n) is 1.90. The molecule has 0 saturated carbocycles. The number of rotatable bonds is 4. The number of nitrogens with one attached hydrogen (secondary N) is 2. The summed E-state index contributed by atoms with van der Waals surface area (Å²) >= 11 is 11.6. The number of amides is 2. The summed E-state index contributed by atoms with van der Waals surface area (Å²) < 4.78 is 36.7. The Hall–Kier alpha value is -2.25. The van der Waals surface area contributed by atoms with Crippen LogP contribution in [0.1, 0.15) is 20.7 Å². The summed E-state index contributed by atoms with van der Waals surface area (Å²) in [5.41, 5.74) is 0.151. The average Bonchev–Trinajstić information content (AvgIpc) is 2.55. The van der Waals surface area contributed by atoms with E-state index in [-0.39, 0.29) is 26.9 Å². The first-order valence-electron chi connectivity index (χ1n) is 6.88. The summed E-state index contributed by atoms with van der Waals surface area (Å²) in [5.74, 6) is -1.54. The summed E-state index contributed by atoms with van der Waals surface area (Å²) in [4.78, 5) is 24.2. The number of benzene rings is 2. The van der Waals surface area contributed by atoms with E-state index in [1.54, 1.807) is 5.32 Å². The maximum atomic E-state index is 12.2. The molecule has 0 aliphatic rings. The van der Waals surface area contributed by atoms with Crippen LogP contribution in [0.2, 0.25) is 10.0 Å². The minimum Gasteiger partial charge on any atom is -0.343 e. The van der Waals surface area contributed by atoms with Gasteiger partial charge in [-0.25, -0.2) is 0 Å². The zero-order chi connectivity index (χ0) is 18.6. The van der Waals surface area contributed by atoms with Crippen LogP contribution in [-0.4, -0.2) is 24.5 Å². The minimum absolute atomic E-state index is 0.0678. The third-order valence-electron chi connectivity index (χ3n) is 3.05. The van der Waals surface area contributed by atoms with Crippen molar-refractivity contribution in [2.45, 2.75) is 6.18 Å². The van der Waals surface area contributed by atoms with Gasteiger partial charge in [-0.1, -0.05) is 35.3 Å². The number of hydrogen-bond acceptors (Lipinski definition) is 2. The van der Waals surface area contributed by atoms with Crippen molar-refractivity contribution < 1.29 is 22.8 Å². The van der Waals surface area contributed by atoms with E-state index in [2.05, 4.69) is 5.32 Å². The second-order valence-corrected chi connectivity index (χ2v) is 5.74. The van der Waals surface area contributed by atoms with E-state index in [0.717, 1.165) is 0 Å². The van der Waals surface area contributed by atoms with Crippen LogP contribution >= 0.6 is 23.2 Å². The molecule has 2 aromatic carbocycles. The van der Waals surface area contributed by atoms with E-state index in [9.17, 15) is 22.8 Å². The lowest BCUT2D eigenvalue weighted by atomic mass is 10.1. The van der Waals surface area contributed by atoms with Gasteiger partial charge < -0.3 is 10.6 Å². The fraction of sp³-hybridized carbons (Fsp3) is 0.125. The summed E-state index contributed by atoms with van der Waals surface area (Å²) in [5, 5.41) is 4.66. The summed E-state index contributed by atoms with van der Waals surface area (Å²) in [6.45, 7) is -1.47. The molecular formula is C16H11Cl2F3N2O2. The Kier molecular flexibility index (Phi) is 5.92. The van der Waals surface area contributed by atoms with E-state index in [1.165, 1.54) is 42.5 Å². The highest BCUT2D eigenvalue weighted by molar-refractivity contribution is 6.42. The van der Waals surface area contributed by atoms with Crippen LogP contribution in [0.4, 0.5) is 18.9 Å². The Morgan fingerprint density at radius 2 is 1.64 bits per heavy atom. The SMILES string of the molecule is O=C(Nc1ccccc1C(=O)NCC(F)(F)F)c1ccc(Cl)c(Cl)c1. The van der Waals surface area contributed by atoms with Crippen molar-refractivity contribution in [3.8, 4) is 0 Å². The third-order valence-corrected chi connectivity index (χ3v) is 3.79. The number of halogens is 5. The normalized spacial score (nSPS) is 11.1. The van der Waals surface area contributed by atoms with E-state index >= 15 is 0 Å². The van der Waals surface area contributed by atoms with Gasteiger partial charge in [0.15, 0.2) is 0 Å². The van der Waals surface area contributed by atoms with Gasteiger partial charge in [0.1, 0.15) is 6.54 Å². The Bertz CT molecular complexity index is 810. The highest BCUT2D eigenvalue weighted by Gasteiger charge is 2.28. The number of para-hydroxylation sites is 1. The van der Waals surface area contributed by atoms with Crippen molar-refractivity contribution in [3.05, 3.63) is 63.6 Å². The van der Waals surface area contributed by atoms with Crippen molar-refractivity contribution in [1.82, 2.24) is 5.32 Å². The molecular weight excluding hydrogens is 380 g/mol. The van der Waals surface area contributed by atoms with Crippen molar-refractivity contribution in [2.75, 3.05) is 11.9 Å². The number of hydrogen-bond donors (Lipinski definition) is 2. The molecule has 2 N–H and O–H groups in total. The highest BCUT2D eigenvalue weighted by atomic mass is 35.5. The number of carbonyl (C=O) groups excluding carboxylic acids is 2. The molecule has 0 fully saturated rings. The first kappa shape index (κ1) is 19.1. The molecule has 0 atom stereocenters. The molecule has 0 aromatic heterocycles. The molecule has 4 nitrogen and oxygen atoms in total. The Morgan fingerprint density at radius 3 is 2.28 bits per heavy atom. The minimum atomic E-state index is -4.53. The van der Waals surface area contributed by atoms with Crippen molar-refractivity contribution in [1.29, 1.82) is 0 Å². The molecule has 0 bridgehead atoms. The summed E-state index contributed by atoms with van der Waals surface area (Å²) in [7, 11) is 0. The molecule has 2 rings (SSSR count). The zero-order valence-electron chi connectivity index (χ0n) is 12.5. The van der Waals surface area contributed by atoms with Gasteiger partial charge >= 0.3 is 6.18 Å². The van der Waals surface area contributed by atoms with Crippen molar-refractivity contribution >= 4 is 40.7 Å². The molecule has 0 saturated heterocycles. The maximum absolute atomic E-state index is 12.2. The highest BCUT2D eigenvalue weighted by Crippen LogP contribution is 2.24. The van der Waals surface area contributed by atoms with E-state index in [0.29, 0.717) is 0 Å². The Balaban J connectivity index is 2.18. The monoisotopic (exact) mass is 390 g/mol. The third kappa shape index (κ3) is 5.37. The lowest BCUT2D eigenvalue weighted by molar-refractivity contribution is -0.123. The molecule has 0 aliphatic carbocycles. The van der Waals surface area contributed by atoms with Crippen LogP contribution in [0.25, 0.3) is 0 Å². The van der Waals surface area contributed by atoms with E-state index in [1.807, 2.05) is 0 Å². The molecule has 2 amide bonds. The topological polar surface area (TPSA) is 58.2 Å². The first-order chi connectivity index (χ1) is 11.7. The number of anilines is 1. The molecule has 132 valence electrons. The fourth-order valence-corrected chi connectivity index (χ4v) is 2.20. The molecule has 0 spiro atoms. The lowest BCUT2D eigenvalue weighted by Crippen LogP contribution is -2.34. The molecule has 0 aliphatic heterocycles. The molecule has 25 heavy (non-hydrogen) atoms. The second-order valence-electron chi connectivity index (χ2n) is 4.93. The number of alkyl halides is 3. The number of carbonyl (C=O) groups is 2. The smallest absolute Gasteiger partial charge is 0.343 e. The zero-order valence-corrected chi connectivity index (χ0v) is 14.0. The first-order valence-corrected chi connectivity index (χ1v) is 7.63. The van der Waals surface area contributed by atoms with E-state index < -0.39 is 24.5 Å². The van der Waals surface area contributed by atoms with Gasteiger partial charge in [0.25, 0.3) is 11.8 Å². The maximum Gasteiger partial charge on any atom is 0.405 e. The van der Waals surface area contributed by atoms with Crippen LogP contribution in [-0.2, 0) is 0 Å². The van der Waals surface area contributed by atoms with Crippen LogP contribution < -0.4 is 10.6 Å². The van der Waals surface area contributed by atoms with Crippen LogP contribution in [0.3, 0.4) is 0 Å². The Morgan fingerprint density at radius 1 is 0.960 bits per heavy atom. The van der Waals surface area contributed by atoms with Crippen LogP contribution in [0.5, 0.6) is 0 Å². The summed E-state index contributed by atoms with van der Waals surface area (Å²) in [6, 6.07) is 9.90. The average molecular weight is 391 g/mol. The summed E-state index contributed by atoms with van der Waals surface area (Å²) in [6.07, 6.45) is -4.53. The molecule has 2 aromatic rings. The van der Waals surface area contributed by atoms with Gasteiger partial charge in [-0.15, -0.1) is 0 Å². The predicted molar refractivity (Wildman–Crippen MR) is 89.2 cm³/mol. The van der Waals surface area contributed by atoms with Gasteiger partial charge in [0, 0.05) is 5.56 Å². The molecule has 0 unspecified atom stereocenters. The standard InChI is InChI=1S/C16H11Cl2F3N2O2/c17-11-6-5-9(7-12(11)18)14(24)23-13-4-2-1-3-10(13)15(25)22-8-16(19,20)21/h1-7H,8H2,(H,22,25)(H,23,24). The van der Waals surface area contributed by atoms with Crippen molar-refractivity contribution in [2.24, 2.45) is 0 Å². The van der Waals surface area contributed by atoms with Crippen LogP contribution in [0.15, 0.2) is 42.5 Å². The lowest BCUT2D eigenvalue weighted by Gasteiger charge is -2.13. The van der Waals surface area contributed by atoms with Gasteiger partial charge in [-0.05, 0) is 30.3 Å². The van der Waals surface area contributed by atoms with Gasteiger partial charge in [0.2, 0.25) is 0 Å². The second kappa shape index (κ2) is 7.76. The van der Waals surface area contributed by atoms with Crippen molar-refractivity contribution in [3.63, 3.8) is 0 Å². The van der Waals surface area contributed by atoms with Gasteiger partial charge in [-0.2, -0.15) is 13.2 Å². The molecule has 9 heteroatoms. The molecule has 0 radical (unpaired) electrons. The quantitative estimate of drug-likeness (QED) is 0.804.